The minimum absolute atomic E-state index is 0.571. The largest absolute Gasteiger partial charge is 0.384 e. The second-order valence-electron chi connectivity index (χ2n) is 3.72. The van der Waals surface area contributed by atoms with Crippen molar-refractivity contribution in [1.29, 1.82) is 0 Å². The van der Waals surface area contributed by atoms with E-state index in [0.29, 0.717) is 5.82 Å². The highest BCUT2D eigenvalue weighted by molar-refractivity contribution is 5.68. The lowest BCUT2D eigenvalue weighted by molar-refractivity contribution is 1.04. The van der Waals surface area contributed by atoms with Crippen LogP contribution < -0.4 is 5.73 Å². The van der Waals surface area contributed by atoms with Crippen molar-refractivity contribution in [3.05, 3.63) is 41.9 Å². The summed E-state index contributed by atoms with van der Waals surface area (Å²) >= 11 is 0. The van der Waals surface area contributed by atoms with Crippen molar-refractivity contribution in [2.75, 3.05) is 5.73 Å². The number of nitrogens with two attached hydrogens (primary N) is 1. The van der Waals surface area contributed by atoms with Crippen molar-refractivity contribution in [3.8, 4) is 11.1 Å². The van der Waals surface area contributed by atoms with E-state index in [2.05, 4.69) is 23.0 Å². The highest BCUT2D eigenvalue weighted by atomic mass is 14.8. The van der Waals surface area contributed by atoms with Gasteiger partial charge in [-0.25, -0.2) is 4.98 Å². The molecule has 0 spiro atoms. The number of nitrogen functional groups attached to an aromatic ring is 1. The smallest absolute Gasteiger partial charge is 0.123 e. The molecule has 2 heterocycles. The van der Waals surface area contributed by atoms with Crippen LogP contribution in [0.25, 0.3) is 11.1 Å². The minimum Gasteiger partial charge on any atom is -0.384 e. The molecule has 0 saturated heterocycles. The summed E-state index contributed by atoms with van der Waals surface area (Å²) in [6.07, 6.45) is 2.67. The third kappa shape index (κ3) is 1.89. The molecular weight excluding hydrogens is 198 g/mol. The van der Waals surface area contributed by atoms with Crippen molar-refractivity contribution in [3.63, 3.8) is 0 Å². The topological polar surface area (TPSA) is 51.8 Å². The number of pyridine rings is 2. The van der Waals surface area contributed by atoms with Crippen molar-refractivity contribution in [2.45, 2.75) is 20.3 Å². The number of hydrogen-bond donors (Lipinski definition) is 1. The van der Waals surface area contributed by atoms with E-state index >= 15 is 0 Å². The molecule has 0 atom stereocenters. The van der Waals surface area contributed by atoms with E-state index in [9.17, 15) is 0 Å². The van der Waals surface area contributed by atoms with Crippen molar-refractivity contribution in [2.24, 2.45) is 0 Å². The van der Waals surface area contributed by atoms with E-state index in [0.717, 1.165) is 28.9 Å². The van der Waals surface area contributed by atoms with E-state index in [4.69, 9.17) is 5.73 Å². The van der Waals surface area contributed by atoms with Gasteiger partial charge in [-0.15, -0.1) is 0 Å². The van der Waals surface area contributed by atoms with Crippen LogP contribution in [0.15, 0.2) is 30.5 Å². The monoisotopic (exact) mass is 213 g/mol. The molecule has 82 valence electrons. The van der Waals surface area contributed by atoms with Crippen LogP contribution in [0.1, 0.15) is 18.3 Å². The van der Waals surface area contributed by atoms with Gasteiger partial charge in [0.05, 0.1) is 5.69 Å². The molecule has 0 aliphatic heterocycles. The second kappa shape index (κ2) is 4.31. The third-order valence-corrected chi connectivity index (χ3v) is 2.63. The average molecular weight is 213 g/mol. The SMILES string of the molecule is CCc1nc(N)ccc1-c1cccnc1C. The molecule has 0 amide bonds. The molecule has 2 aromatic rings. The number of aromatic nitrogens is 2. The first-order valence-corrected chi connectivity index (χ1v) is 5.39. The molecule has 2 N–H and O–H groups in total. The van der Waals surface area contributed by atoms with Crippen LogP contribution in [0.3, 0.4) is 0 Å². The molecule has 0 saturated carbocycles. The summed E-state index contributed by atoms with van der Waals surface area (Å²) in [4.78, 5) is 8.65. The summed E-state index contributed by atoms with van der Waals surface area (Å²) in [5.41, 5.74) is 9.99. The Morgan fingerprint density at radius 2 is 2.00 bits per heavy atom. The highest BCUT2D eigenvalue weighted by Gasteiger charge is 2.08. The second-order valence-corrected chi connectivity index (χ2v) is 3.72. The first-order chi connectivity index (χ1) is 7.72. The quantitative estimate of drug-likeness (QED) is 0.834. The van der Waals surface area contributed by atoms with Crippen LogP contribution in [0, 0.1) is 6.92 Å². The Morgan fingerprint density at radius 3 is 2.69 bits per heavy atom. The lowest BCUT2D eigenvalue weighted by Crippen LogP contribution is -1.98. The summed E-state index contributed by atoms with van der Waals surface area (Å²) in [6.45, 7) is 4.09. The van der Waals surface area contributed by atoms with Gasteiger partial charge in [0.1, 0.15) is 5.82 Å². The summed E-state index contributed by atoms with van der Waals surface area (Å²) in [5.74, 6) is 0.571. The Labute approximate surface area is 95.4 Å². The normalized spacial score (nSPS) is 10.4. The number of nitrogens with zero attached hydrogens (tertiary/aromatic N) is 2. The van der Waals surface area contributed by atoms with Gasteiger partial charge in [0.2, 0.25) is 0 Å². The van der Waals surface area contributed by atoms with Crippen LogP contribution in [0.5, 0.6) is 0 Å². The fraction of sp³-hybridized carbons (Fsp3) is 0.231. The Balaban J connectivity index is 2.60. The molecule has 0 unspecified atom stereocenters. The van der Waals surface area contributed by atoms with Crippen LogP contribution in [0.2, 0.25) is 0 Å². The zero-order valence-corrected chi connectivity index (χ0v) is 9.57. The third-order valence-electron chi connectivity index (χ3n) is 2.63. The van der Waals surface area contributed by atoms with Crippen LogP contribution in [-0.2, 0) is 6.42 Å². The fourth-order valence-electron chi connectivity index (χ4n) is 1.80. The molecule has 0 radical (unpaired) electrons. The number of hydrogen-bond acceptors (Lipinski definition) is 3. The zero-order valence-electron chi connectivity index (χ0n) is 9.57. The van der Waals surface area contributed by atoms with Crippen molar-refractivity contribution >= 4 is 5.82 Å². The van der Waals surface area contributed by atoms with Gasteiger partial charge in [-0.3, -0.25) is 4.98 Å². The van der Waals surface area contributed by atoms with Gasteiger partial charge in [-0.2, -0.15) is 0 Å². The van der Waals surface area contributed by atoms with E-state index < -0.39 is 0 Å². The molecule has 2 aromatic heterocycles. The Morgan fingerprint density at radius 1 is 1.19 bits per heavy atom. The molecular formula is C13H15N3. The van der Waals surface area contributed by atoms with Gasteiger partial charge < -0.3 is 5.73 Å². The predicted octanol–water partition coefficient (Wildman–Crippen LogP) is 2.60. The Kier molecular flexibility index (Phi) is 2.86. The number of rotatable bonds is 2. The first kappa shape index (κ1) is 10.6. The molecule has 3 nitrogen and oxygen atoms in total. The molecule has 0 bridgehead atoms. The first-order valence-electron chi connectivity index (χ1n) is 5.39. The van der Waals surface area contributed by atoms with Gasteiger partial charge in [-0.1, -0.05) is 13.0 Å². The maximum absolute atomic E-state index is 5.69. The van der Waals surface area contributed by atoms with Crippen LogP contribution >= 0.6 is 0 Å². The maximum Gasteiger partial charge on any atom is 0.123 e. The summed E-state index contributed by atoms with van der Waals surface area (Å²) < 4.78 is 0. The van der Waals surface area contributed by atoms with Crippen LogP contribution in [0.4, 0.5) is 5.82 Å². The van der Waals surface area contributed by atoms with E-state index in [-0.39, 0.29) is 0 Å². The fourth-order valence-corrected chi connectivity index (χ4v) is 1.80. The van der Waals surface area contributed by atoms with Gasteiger partial charge in [0, 0.05) is 23.0 Å². The minimum atomic E-state index is 0.571. The standard InChI is InChI=1S/C13H15N3/c1-3-12-11(6-7-13(14)16-12)10-5-4-8-15-9(10)2/h4-8H,3H2,1-2H3,(H2,14,16). The summed E-state index contributed by atoms with van der Waals surface area (Å²) in [5, 5.41) is 0. The molecule has 3 heteroatoms. The predicted molar refractivity (Wildman–Crippen MR) is 66.0 cm³/mol. The highest BCUT2D eigenvalue weighted by Crippen LogP contribution is 2.25. The molecule has 2 rings (SSSR count). The lowest BCUT2D eigenvalue weighted by atomic mass is 10.0. The van der Waals surface area contributed by atoms with Gasteiger partial charge in [0.25, 0.3) is 0 Å². The zero-order chi connectivity index (χ0) is 11.5. The van der Waals surface area contributed by atoms with E-state index in [1.807, 2.05) is 25.1 Å². The number of anilines is 1. The van der Waals surface area contributed by atoms with E-state index in [1.165, 1.54) is 0 Å². The van der Waals surface area contributed by atoms with Crippen molar-refractivity contribution < 1.29 is 0 Å². The molecule has 0 aromatic carbocycles. The number of aryl methyl sites for hydroxylation is 2. The van der Waals surface area contributed by atoms with Gasteiger partial charge in [0.15, 0.2) is 0 Å². The van der Waals surface area contributed by atoms with Crippen LogP contribution in [-0.4, -0.2) is 9.97 Å². The molecule has 16 heavy (non-hydrogen) atoms. The van der Waals surface area contributed by atoms with Gasteiger partial charge in [-0.05, 0) is 31.5 Å². The van der Waals surface area contributed by atoms with Crippen molar-refractivity contribution in [1.82, 2.24) is 9.97 Å². The molecule has 0 fully saturated rings. The molecule has 0 aliphatic carbocycles. The summed E-state index contributed by atoms with van der Waals surface area (Å²) in [6, 6.07) is 7.86. The lowest BCUT2D eigenvalue weighted by Gasteiger charge is -2.09. The van der Waals surface area contributed by atoms with E-state index in [1.54, 1.807) is 6.20 Å². The Bertz CT molecular complexity index is 506. The van der Waals surface area contributed by atoms with Gasteiger partial charge >= 0.3 is 0 Å². The maximum atomic E-state index is 5.69. The Hall–Kier alpha value is -1.90. The summed E-state index contributed by atoms with van der Waals surface area (Å²) in [7, 11) is 0. The molecule has 0 aliphatic rings. The average Bonchev–Trinajstić information content (AvgIpc) is 2.30.